The predicted octanol–water partition coefficient (Wildman–Crippen LogP) is 3.49. The summed E-state index contributed by atoms with van der Waals surface area (Å²) >= 11 is 0. The first kappa shape index (κ1) is 17.8. The van der Waals surface area contributed by atoms with Gasteiger partial charge in [-0.2, -0.15) is 5.26 Å². The number of methoxy groups -OCH3 is 1. The lowest BCUT2D eigenvalue weighted by atomic mass is 10.0. The summed E-state index contributed by atoms with van der Waals surface area (Å²) in [5.74, 6) is 0.347. The van der Waals surface area contributed by atoms with E-state index in [0.29, 0.717) is 24.7 Å². The SMILES string of the molecule is CCN(CC)c1ccc(-c2ccnc(OCCOC)c2C#N)cc1. The van der Waals surface area contributed by atoms with Gasteiger partial charge in [-0.05, 0) is 37.6 Å². The standard InChI is InChI=1S/C19H23N3O2/c1-4-22(5-2)16-8-6-15(7-9-16)17-10-11-21-19(18(17)14-20)24-13-12-23-3/h6-11H,4-5,12-13H2,1-3H3. The first-order chi connectivity index (χ1) is 11.7. The fourth-order valence-electron chi connectivity index (χ4n) is 2.56. The molecule has 2 aromatic rings. The van der Waals surface area contributed by atoms with Crippen molar-refractivity contribution in [3.05, 3.63) is 42.1 Å². The highest BCUT2D eigenvalue weighted by Gasteiger charge is 2.13. The lowest BCUT2D eigenvalue weighted by Gasteiger charge is -2.21. The van der Waals surface area contributed by atoms with Crippen LogP contribution in [-0.4, -0.2) is 38.4 Å². The molecule has 0 fully saturated rings. The van der Waals surface area contributed by atoms with E-state index in [1.807, 2.05) is 18.2 Å². The number of ether oxygens (including phenoxy) is 2. The molecular weight excluding hydrogens is 302 g/mol. The first-order valence-electron chi connectivity index (χ1n) is 8.11. The number of benzene rings is 1. The summed E-state index contributed by atoms with van der Waals surface area (Å²) in [5.41, 5.74) is 3.42. The maximum atomic E-state index is 9.53. The summed E-state index contributed by atoms with van der Waals surface area (Å²) < 4.78 is 10.5. The smallest absolute Gasteiger partial charge is 0.232 e. The summed E-state index contributed by atoms with van der Waals surface area (Å²) in [6, 6.07) is 12.3. The number of hydrogen-bond donors (Lipinski definition) is 0. The van der Waals surface area contributed by atoms with Gasteiger partial charge in [0.2, 0.25) is 5.88 Å². The van der Waals surface area contributed by atoms with Gasteiger partial charge in [0.1, 0.15) is 18.2 Å². The second-order valence-corrected chi connectivity index (χ2v) is 5.21. The van der Waals surface area contributed by atoms with Crippen molar-refractivity contribution in [3.63, 3.8) is 0 Å². The molecule has 0 saturated heterocycles. The van der Waals surface area contributed by atoms with Gasteiger partial charge >= 0.3 is 0 Å². The highest BCUT2D eigenvalue weighted by Crippen LogP contribution is 2.29. The van der Waals surface area contributed by atoms with E-state index in [2.05, 4.69) is 41.9 Å². The number of nitriles is 1. The number of nitrogens with zero attached hydrogens (tertiary/aromatic N) is 3. The normalized spacial score (nSPS) is 10.2. The molecule has 0 bridgehead atoms. The lowest BCUT2D eigenvalue weighted by molar-refractivity contribution is 0.143. The zero-order valence-electron chi connectivity index (χ0n) is 14.5. The van der Waals surface area contributed by atoms with Crippen LogP contribution in [0.4, 0.5) is 5.69 Å². The quantitative estimate of drug-likeness (QED) is 0.695. The average Bonchev–Trinajstić information content (AvgIpc) is 2.63. The molecule has 0 saturated carbocycles. The van der Waals surface area contributed by atoms with E-state index in [9.17, 15) is 5.26 Å². The second-order valence-electron chi connectivity index (χ2n) is 5.21. The molecular formula is C19H23N3O2. The Bertz CT molecular complexity index is 689. The maximum absolute atomic E-state index is 9.53. The third kappa shape index (κ3) is 4.03. The summed E-state index contributed by atoms with van der Waals surface area (Å²) in [6.07, 6.45) is 1.66. The Kier molecular flexibility index (Phi) is 6.59. The minimum Gasteiger partial charge on any atom is -0.474 e. The van der Waals surface area contributed by atoms with Crippen LogP contribution in [-0.2, 0) is 4.74 Å². The Morgan fingerprint density at radius 2 is 1.79 bits per heavy atom. The molecule has 0 spiro atoms. The molecule has 0 N–H and O–H groups in total. The fraction of sp³-hybridized carbons (Fsp3) is 0.368. The van der Waals surface area contributed by atoms with Crippen LogP contribution < -0.4 is 9.64 Å². The van der Waals surface area contributed by atoms with E-state index in [1.165, 1.54) is 5.69 Å². The first-order valence-corrected chi connectivity index (χ1v) is 8.11. The molecule has 1 aromatic carbocycles. The Morgan fingerprint density at radius 1 is 1.08 bits per heavy atom. The number of rotatable bonds is 8. The minimum atomic E-state index is 0.347. The number of hydrogen-bond acceptors (Lipinski definition) is 5. The van der Waals surface area contributed by atoms with E-state index in [4.69, 9.17) is 9.47 Å². The van der Waals surface area contributed by atoms with Gasteiger partial charge in [0.25, 0.3) is 0 Å². The van der Waals surface area contributed by atoms with Crippen LogP contribution >= 0.6 is 0 Å². The summed E-state index contributed by atoms with van der Waals surface area (Å²) in [6.45, 7) is 7.02. The minimum absolute atomic E-state index is 0.347. The van der Waals surface area contributed by atoms with Crippen LogP contribution in [0.25, 0.3) is 11.1 Å². The van der Waals surface area contributed by atoms with Gasteiger partial charge in [-0.3, -0.25) is 0 Å². The maximum Gasteiger partial charge on any atom is 0.232 e. The van der Waals surface area contributed by atoms with Crippen LogP contribution in [0.15, 0.2) is 36.5 Å². The lowest BCUT2D eigenvalue weighted by Crippen LogP contribution is -2.21. The van der Waals surface area contributed by atoms with E-state index >= 15 is 0 Å². The Morgan fingerprint density at radius 3 is 2.38 bits per heavy atom. The molecule has 0 aliphatic heterocycles. The fourth-order valence-corrected chi connectivity index (χ4v) is 2.56. The molecule has 5 heteroatoms. The van der Waals surface area contributed by atoms with E-state index in [0.717, 1.165) is 24.2 Å². The summed E-state index contributed by atoms with van der Waals surface area (Å²) in [7, 11) is 1.61. The van der Waals surface area contributed by atoms with Crippen LogP contribution in [0.1, 0.15) is 19.4 Å². The van der Waals surface area contributed by atoms with Gasteiger partial charge < -0.3 is 14.4 Å². The summed E-state index contributed by atoms with van der Waals surface area (Å²) in [4.78, 5) is 6.45. The molecule has 126 valence electrons. The van der Waals surface area contributed by atoms with E-state index in [1.54, 1.807) is 13.3 Å². The molecule has 0 atom stereocenters. The molecule has 0 unspecified atom stereocenters. The number of aromatic nitrogens is 1. The van der Waals surface area contributed by atoms with E-state index in [-0.39, 0.29) is 0 Å². The zero-order chi connectivity index (χ0) is 17.4. The molecule has 24 heavy (non-hydrogen) atoms. The van der Waals surface area contributed by atoms with Crippen LogP contribution in [0.3, 0.4) is 0 Å². The van der Waals surface area contributed by atoms with Crippen molar-refractivity contribution in [1.29, 1.82) is 5.26 Å². The van der Waals surface area contributed by atoms with Gasteiger partial charge in [0.05, 0.1) is 6.61 Å². The molecule has 0 aliphatic carbocycles. The Balaban J connectivity index is 2.31. The monoisotopic (exact) mass is 325 g/mol. The molecule has 2 rings (SSSR count). The van der Waals surface area contributed by atoms with Gasteiger partial charge in [0.15, 0.2) is 0 Å². The van der Waals surface area contributed by atoms with Crippen LogP contribution in [0.5, 0.6) is 5.88 Å². The van der Waals surface area contributed by atoms with Gasteiger partial charge in [-0.1, -0.05) is 12.1 Å². The molecule has 0 amide bonds. The van der Waals surface area contributed by atoms with Crippen LogP contribution in [0.2, 0.25) is 0 Å². The number of anilines is 1. The van der Waals surface area contributed by atoms with Crippen molar-refractivity contribution < 1.29 is 9.47 Å². The van der Waals surface area contributed by atoms with Crippen molar-refractivity contribution in [2.45, 2.75) is 13.8 Å². The molecule has 0 radical (unpaired) electrons. The summed E-state index contributed by atoms with van der Waals surface area (Å²) in [5, 5.41) is 9.53. The highest BCUT2D eigenvalue weighted by molar-refractivity contribution is 5.73. The Hall–Kier alpha value is -2.58. The van der Waals surface area contributed by atoms with Gasteiger partial charge in [-0.15, -0.1) is 0 Å². The Labute approximate surface area is 143 Å². The van der Waals surface area contributed by atoms with Crippen molar-refractivity contribution in [2.75, 3.05) is 38.3 Å². The third-order valence-corrected chi connectivity index (χ3v) is 3.86. The van der Waals surface area contributed by atoms with E-state index < -0.39 is 0 Å². The highest BCUT2D eigenvalue weighted by atomic mass is 16.5. The molecule has 1 heterocycles. The molecule has 0 aliphatic rings. The second kappa shape index (κ2) is 8.90. The predicted molar refractivity (Wildman–Crippen MR) is 95.3 cm³/mol. The topological polar surface area (TPSA) is 58.4 Å². The van der Waals surface area contributed by atoms with Gasteiger partial charge in [-0.25, -0.2) is 4.98 Å². The van der Waals surface area contributed by atoms with Crippen LogP contribution in [0, 0.1) is 11.3 Å². The van der Waals surface area contributed by atoms with Crippen molar-refractivity contribution in [1.82, 2.24) is 4.98 Å². The zero-order valence-corrected chi connectivity index (χ0v) is 14.5. The molecule has 5 nitrogen and oxygen atoms in total. The van der Waals surface area contributed by atoms with Gasteiger partial charge in [0, 0.05) is 37.6 Å². The van der Waals surface area contributed by atoms with Crippen molar-refractivity contribution in [3.8, 4) is 23.1 Å². The number of pyridine rings is 1. The average molecular weight is 325 g/mol. The van der Waals surface area contributed by atoms with Crippen molar-refractivity contribution in [2.24, 2.45) is 0 Å². The van der Waals surface area contributed by atoms with Crippen molar-refractivity contribution >= 4 is 5.69 Å². The third-order valence-electron chi connectivity index (χ3n) is 3.86. The molecule has 1 aromatic heterocycles. The largest absolute Gasteiger partial charge is 0.474 e.